The van der Waals surface area contributed by atoms with Gasteiger partial charge >= 0.3 is 0 Å². The van der Waals surface area contributed by atoms with Gasteiger partial charge < -0.3 is 10.2 Å². The second kappa shape index (κ2) is 14.1. The third kappa shape index (κ3) is 8.52. The molecule has 0 unspecified atom stereocenters. The molecular formula is C29H31Cl4N3O4S. The van der Waals surface area contributed by atoms with E-state index >= 15 is 0 Å². The summed E-state index contributed by atoms with van der Waals surface area (Å²) < 4.78 is 28.8. The van der Waals surface area contributed by atoms with Crippen LogP contribution in [0.3, 0.4) is 0 Å². The fourth-order valence-corrected chi connectivity index (χ4v) is 6.37. The van der Waals surface area contributed by atoms with E-state index in [1.54, 1.807) is 37.3 Å². The van der Waals surface area contributed by atoms with Crippen LogP contribution in [0, 0.1) is 12.8 Å². The van der Waals surface area contributed by atoms with Crippen molar-refractivity contribution >= 4 is 73.9 Å². The normalized spacial score (nSPS) is 12.2. The van der Waals surface area contributed by atoms with Crippen molar-refractivity contribution in [3.05, 3.63) is 91.9 Å². The largest absolute Gasteiger partial charge is 0.354 e. The first-order valence-corrected chi connectivity index (χ1v) is 15.7. The number of carbonyl (C=O) groups excluding carboxylic acids is 2. The van der Waals surface area contributed by atoms with Crippen molar-refractivity contribution in [2.45, 2.75) is 45.2 Å². The first-order valence-electron chi connectivity index (χ1n) is 12.8. The van der Waals surface area contributed by atoms with Crippen LogP contribution in [0.5, 0.6) is 0 Å². The number of hydrogen-bond acceptors (Lipinski definition) is 4. The summed E-state index contributed by atoms with van der Waals surface area (Å²) in [5.74, 6) is -0.898. The first kappa shape index (κ1) is 33.0. The maximum atomic E-state index is 14.0. The molecule has 12 heteroatoms. The number of aryl methyl sites for hydroxylation is 1. The lowest BCUT2D eigenvalue weighted by molar-refractivity contribution is -0.139. The molecule has 0 radical (unpaired) electrons. The van der Waals surface area contributed by atoms with Crippen LogP contribution in [-0.4, -0.2) is 44.3 Å². The van der Waals surface area contributed by atoms with E-state index in [2.05, 4.69) is 5.32 Å². The molecule has 0 saturated carbocycles. The first-order chi connectivity index (χ1) is 19.2. The van der Waals surface area contributed by atoms with Crippen molar-refractivity contribution in [3.63, 3.8) is 0 Å². The lowest BCUT2D eigenvalue weighted by Gasteiger charge is -2.32. The van der Waals surface area contributed by atoms with Crippen molar-refractivity contribution in [3.8, 4) is 0 Å². The molecule has 0 aliphatic heterocycles. The van der Waals surface area contributed by atoms with Crippen molar-refractivity contribution < 1.29 is 18.0 Å². The molecule has 0 saturated heterocycles. The summed E-state index contributed by atoms with van der Waals surface area (Å²) in [5.41, 5.74) is 1.37. The molecule has 0 spiro atoms. The van der Waals surface area contributed by atoms with Crippen LogP contribution >= 0.6 is 46.4 Å². The van der Waals surface area contributed by atoms with Crippen molar-refractivity contribution in [1.82, 2.24) is 10.2 Å². The van der Waals surface area contributed by atoms with Crippen molar-refractivity contribution in [1.29, 1.82) is 0 Å². The molecule has 0 aliphatic carbocycles. The van der Waals surface area contributed by atoms with Gasteiger partial charge in [0.25, 0.3) is 10.0 Å². The quantitative estimate of drug-likeness (QED) is 0.241. The molecule has 1 N–H and O–H groups in total. The molecule has 220 valence electrons. The van der Waals surface area contributed by atoms with Gasteiger partial charge in [-0.2, -0.15) is 0 Å². The summed E-state index contributed by atoms with van der Waals surface area (Å²) in [7, 11) is -4.27. The van der Waals surface area contributed by atoms with E-state index in [9.17, 15) is 18.0 Å². The van der Waals surface area contributed by atoms with Gasteiger partial charge in [-0.1, -0.05) is 84.0 Å². The Morgan fingerprint density at radius 1 is 0.878 bits per heavy atom. The second-order valence-corrected chi connectivity index (χ2v) is 13.5. The third-order valence-electron chi connectivity index (χ3n) is 6.27. The van der Waals surface area contributed by atoms with E-state index in [4.69, 9.17) is 46.4 Å². The maximum absolute atomic E-state index is 14.0. The van der Waals surface area contributed by atoms with Gasteiger partial charge in [0, 0.05) is 38.7 Å². The molecule has 0 aliphatic rings. The predicted molar refractivity (Wildman–Crippen MR) is 166 cm³/mol. The highest BCUT2D eigenvalue weighted by atomic mass is 35.5. The Labute approximate surface area is 261 Å². The minimum Gasteiger partial charge on any atom is -0.354 e. The molecule has 0 bridgehead atoms. The molecule has 3 aromatic rings. The van der Waals surface area contributed by atoms with E-state index in [0.717, 1.165) is 9.87 Å². The van der Waals surface area contributed by atoms with E-state index in [1.165, 1.54) is 35.2 Å². The van der Waals surface area contributed by atoms with E-state index in [0.29, 0.717) is 22.2 Å². The maximum Gasteiger partial charge on any atom is 0.264 e. The monoisotopic (exact) mass is 657 g/mol. The number of anilines is 1. The van der Waals surface area contributed by atoms with Crippen molar-refractivity contribution in [2.24, 2.45) is 5.92 Å². The minimum absolute atomic E-state index is 0.0320. The van der Waals surface area contributed by atoms with Crippen molar-refractivity contribution in [2.75, 3.05) is 17.4 Å². The average molecular weight is 659 g/mol. The Kier molecular flexibility index (Phi) is 11.4. The summed E-state index contributed by atoms with van der Waals surface area (Å²) in [4.78, 5) is 28.4. The Bertz CT molecular complexity index is 1470. The van der Waals surface area contributed by atoms with Crippen LogP contribution in [0.15, 0.2) is 65.6 Å². The number of benzene rings is 3. The molecule has 1 atom stereocenters. The smallest absolute Gasteiger partial charge is 0.264 e. The number of nitrogens with zero attached hydrogens (tertiary/aromatic N) is 2. The van der Waals surface area contributed by atoms with Gasteiger partial charge in [0.15, 0.2) is 0 Å². The topological polar surface area (TPSA) is 86.8 Å². The number of hydrogen-bond donors (Lipinski definition) is 1. The lowest BCUT2D eigenvalue weighted by Crippen LogP contribution is -2.51. The second-order valence-electron chi connectivity index (χ2n) is 9.99. The standard InChI is InChI=1S/C29H31Cl4N3O4S/c1-18(2)15-34-29(38)20(4)35(16-25-26(32)6-5-7-27(25)33)28(37)17-36(23-13-21(30)12-22(31)14-23)41(39,40)24-10-8-19(3)9-11-24/h5-14,18,20H,15-17H2,1-4H3,(H,34,38)/t20-/m0/s1. The van der Waals surface area contributed by atoms with Crippen LogP contribution in [-0.2, 0) is 26.2 Å². The zero-order valence-electron chi connectivity index (χ0n) is 23.0. The summed E-state index contributed by atoms with van der Waals surface area (Å²) in [6.07, 6.45) is 0. The van der Waals surface area contributed by atoms with Gasteiger partial charge in [0.05, 0.1) is 10.6 Å². The lowest BCUT2D eigenvalue weighted by atomic mass is 10.1. The summed E-state index contributed by atoms with van der Waals surface area (Å²) in [6.45, 7) is 6.89. The Morgan fingerprint density at radius 2 is 1.44 bits per heavy atom. The third-order valence-corrected chi connectivity index (χ3v) is 9.20. The van der Waals surface area contributed by atoms with Crippen LogP contribution < -0.4 is 9.62 Å². The zero-order valence-corrected chi connectivity index (χ0v) is 26.8. The fraction of sp³-hybridized carbons (Fsp3) is 0.310. The SMILES string of the molecule is Cc1ccc(S(=O)(=O)N(CC(=O)N(Cc2c(Cl)cccc2Cl)[C@@H](C)C(=O)NCC(C)C)c2cc(Cl)cc(Cl)c2)cc1. The fourth-order valence-electron chi connectivity index (χ4n) is 3.94. The summed E-state index contributed by atoms with van der Waals surface area (Å²) in [6, 6.07) is 14.4. The predicted octanol–water partition coefficient (Wildman–Crippen LogP) is 6.99. The van der Waals surface area contributed by atoms with Gasteiger partial charge in [0.2, 0.25) is 11.8 Å². The minimum atomic E-state index is -4.27. The number of sulfonamides is 1. The number of carbonyl (C=O) groups is 2. The Hall–Kier alpha value is -2.49. The highest BCUT2D eigenvalue weighted by Gasteiger charge is 2.33. The molecule has 0 fully saturated rings. The zero-order chi connectivity index (χ0) is 30.5. The summed E-state index contributed by atoms with van der Waals surface area (Å²) in [5, 5.41) is 3.80. The number of rotatable bonds is 11. The van der Waals surface area contributed by atoms with Gasteiger partial charge in [-0.25, -0.2) is 8.42 Å². The van der Waals surface area contributed by atoms with Gasteiger partial charge in [-0.15, -0.1) is 0 Å². The van der Waals surface area contributed by atoms with Gasteiger partial charge in [-0.3, -0.25) is 13.9 Å². The highest BCUT2D eigenvalue weighted by molar-refractivity contribution is 7.92. The number of amides is 2. The molecule has 0 aromatic heterocycles. The number of halogens is 4. The van der Waals surface area contributed by atoms with Crippen LogP contribution in [0.1, 0.15) is 31.9 Å². The molecule has 7 nitrogen and oxygen atoms in total. The molecule has 3 aromatic carbocycles. The van der Waals surface area contributed by atoms with Gasteiger partial charge in [-0.05, 0) is 62.2 Å². The molecule has 41 heavy (non-hydrogen) atoms. The van der Waals surface area contributed by atoms with E-state index in [-0.39, 0.29) is 33.1 Å². The molecular weight excluding hydrogens is 628 g/mol. The summed E-state index contributed by atoms with van der Waals surface area (Å²) >= 11 is 25.3. The van der Waals surface area contributed by atoms with Crippen LogP contribution in [0.4, 0.5) is 5.69 Å². The van der Waals surface area contributed by atoms with Crippen LogP contribution in [0.25, 0.3) is 0 Å². The van der Waals surface area contributed by atoms with Gasteiger partial charge in [0.1, 0.15) is 12.6 Å². The van der Waals surface area contributed by atoms with Crippen LogP contribution in [0.2, 0.25) is 20.1 Å². The van der Waals surface area contributed by atoms with E-state index < -0.39 is 34.4 Å². The Morgan fingerprint density at radius 3 is 1.98 bits per heavy atom. The Balaban J connectivity index is 2.09. The molecule has 3 rings (SSSR count). The van der Waals surface area contributed by atoms with E-state index in [1.807, 2.05) is 20.8 Å². The molecule has 2 amide bonds. The molecule has 0 heterocycles. The number of nitrogens with one attached hydrogen (secondary N) is 1. The average Bonchev–Trinajstić information content (AvgIpc) is 2.89. The highest BCUT2D eigenvalue weighted by Crippen LogP contribution is 2.31.